The minimum Gasteiger partial charge on any atom is -0.349 e. The first-order valence-corrected chi connectivity index (χ1v) is 10.8. The number of nitrogens with zero attached hydrogens (tertiary/aromatic N) is 3. The smallest absolute Gasteiger partial charge is 0.251 e. The Bertz CT molecular complexity index is 1140. The van der Waals surface area contributed by atoms with E-state index in [4.69, 9.17) is 4.52 Å². The van der Waals surface area contributed by atoms with E-state index < -0.39 is 17.5 Å². The van der Waals surface area contributed by atoms with Crippen LogP contribution >= 0.6 is 0 Å². The highest BCUT2D eigenvalue weighted by molar-refractivity contribution is 5.94. The van der Waals surface area contributed by atoms with Gasteiger partial charge in [-0.15, -0.1) is 0 Å². The minimum atomic E-state index is -1.03. The number of rotatable bonds is 5. The molecule has 1 N–H and O–H groups in total. The van der Waals surface area contributed by atoms with Gasteiger partial charge in [0.05, 0.1) is 5.41 Å². The summed E-state index contributed by atoms with van der Waals surface area (Å²) in [5, 5.41) is 7.01. The van der Waals surface area contributed by atoms with Crippen LogP contribution in [0.4, 0.5) is 8.78 Å². The van der Waals surface area contributed by atoms with Crippen molar-refractivity contribution >= 4 is 5.91 Å². The zero-order chi connectivity index (χ0) is 22.3. The summed E-state index contributed by atoms with van der Waals surface area (Å²) in [5.74, 6) is -0.978. The van der Waals surface area contributed by atoms with Gasteiger partial charge in [-0.3, -0.25) is 9.69 Å². The standard InChI is InChI=1S/C24H24F2N4O2/c1-15-27-23(32-29-15)24-11-19(28-22(31)17-7-8-20(25)21(26)9-17)10-18(24)13-30(14-24)12-16-5-3-2-4-6-16/h2-9,18-19H,10-14H2,1H3,(H,28,31). The Morgan fingerprint density at radius 3 is 2.75 bits per heavy atom. The SMILES string of the molecule is Cc1noc(C23CC(NC(=O)c4ccc(F)c(F)c4)CC2CN(Cc2ccccc2)C3)n1. The molecule has 166 valence electrons. The molecule has 3 atom stereocenters. The van der Waals surface area contributed by atoms with Gasteiger partial charge in [0.1, 0.15) is 0 Å². The third kappa shape index (κ3) is 3.79. The fraction of sp³-hybridized carbons (Fsp3) is 0.375. The molecule has 1 aromatic heterocycles. The number of nitrogens with one attached hydrogen (secondary N) is 1. The van der Waals surface area contributed by atoms with Gasteiger partial charge < -0.3 is 9.84 Å². The molecule has 2 heterocycles. The van der Waals surface area contributed by atoms with Crippen LogP contribution in [-0.4, -0.2) is 40.1 Å². The highest BCUT2D eigenvalue weighted by Gasteiger charge is 2.57. The first-order chi connectivity index (χ1) is 15.4. The van der Waals surface area contributed by atoms with Crippen LogP contribution in [0.2, 0.25) is 0 Å². The maximum absolute atomic E-state index is 13.6. The van der Waals surface area contributed by atoms with Gasteiger partial charge in [-0.1, -0.05) is 35.5 Å². The minimum absolute atomic E-state index is 0.106. The van der Waals surface area contributed by atoms with E-state index in [0.717, 1.165) is 38.2 Å². The van der Waals surface area contributed by atoms with Crippen molar-refractivity contribution in [2.75, 3.05) is 13.1 Å². The number of carbonyl (C=O) groups is 1. The summed E-state index contributed by atoms with van der Waals surface area (Å²) >= 11 is 0. The topological polar surface area (TPSA) is 71.3 Å². The Morgan fingerprint density at radius 1 is 1.22 bits per heavy atom. The van der Waals surface area contributed by atoms with Gasteiger partial charge in [0, 0.05) is 31.2 Å². The van der Waals surface area contributed by atoms with Crippen LogP contribution in [0, 0.1) is 24.5 Å². The second-order valence-corrected chi connectivity index (χ2v) is 8.89. The first kappa shape index (κ1) is 20.8. The van der Waals surface area contributed by atoms with Crippen molar-refractivity contribution in [1.82, 2.24) is 20.4 Å². The lowest BCUT2D eigenvalue weighted by atomic mass is 9.80. The van der Waals surface area contributed by atoms with Gasteiger partial charge in [0.2, 0.25) is 5.89 Å². The molecule has 0 bridgehead atoms. The number of amides is 1. The number of carbonyl (C=O) groups excluding carboxylic acids is 1. The molecule has 1 aliphatic carbocycles. The zero-order valence-electron chi connectivity index (χ0n) is 17.7. The van der Waals surface area contributed by atoms with Crippen molar-refractivity contribution < 1.29 is 18.1 Å². The average molecular weight is 438 g/mol. The maximum Gasteiger partial charge on any atom is 0.251 e. The fourth-order valence-electron chi connectivity index (χ4n) is 5.28. The van der Waals surface area contributed by atoms with E-state index in [1.165, 1.54) is 11.6 Å². The Morgan fingerprint density at radius 2 is 2.03 bits per heavy atom. The molecular formula is C24H24F2N4O2. The van der Waals surface area contributed by atoms with E-state index in [-0.39, 0.29) is 22.9 Å². The fourth-order valence-corrected chi connectivity index (χ4v) is 5.28. The van der Waals surface area contributed by atoms with E-state index in [1.807, 2.05) is 18.2 Å². The van der Waals surface area contributed by atoms with Crippen molar-refractivity contribution in [1.29, 1.82) is 0 Å². The van der Waals surface area contributed by atoms with Gasteiger partial charge >= 0.3 is 0 Å². The lowest BCUT2D eigenvalue weighted by molar-refractivity contribution is 0.0933. The molecule has 2 aliphatic rings. The molecule has 8 heteroatoms. The number of halogens is 2. The van der Waals surface area contributed by atoms with Crippen LogP contribution in [-0.2, 0) is 12.0 Å². The van der Waals surface area contributed by atoms with E-state index in [9.17, 15) is 13.6 Å². The summed E-state index contributed by atoms with van der Waals surface area (Å²) < 4.78 is 32.4. The van der Waals surface area contributed by atoms with Crippen molar-refractivity contribution in [3.8, 4) is 0 Å². The first-order valence-electron chi connectivity index (χ1n) is 10.8. The average Bonchev–Trinajstić information content (AvgIpc) is 3.43. The van der Waals surface area contributed by atoms with Crippen LogP contribution in [0.3, 0.4) is 0 Å². The highest BCUT2D eigenvalue weighted by atomic mass is 19.2. The summed E-state index contributed by atoms with van der Waals surface area (Å²) in [6, 6.07) is 13.4. The molecule has 1 amide bonds. The summed E-state index contributed by atoms with van der Waals surface area (Å²) in [5.41, 5.74) is 1.00. The van der Waals surface area contributed by atoms with E-state index in [0.29, 0.717) is 18.1 Å². The normalized spacial score (nSPS) is 25.1. The number of hydrogen-bond acceptors (Lipinski definition) is 5. The second kappa shape index (κ2) is 8.09. The lowest BCUT2D eigenvalue weighted by Crippen LogP contribution is -2.38. The molecule has 1 saturated heterocycles. The molecule has 0 radical (unpaired) electrons. The third-order valence-corrected chi connectivity index (χ3v) is 6.67. The molecule has 1 saturated carbocycles. The third-order valence-electron chi connectivity index (χ3n) is 6.67. The Balaban J connectivity index is 1.34. The molecule has 2 aromatic carbocycles. The Kier molecular flexibility index (Phi) is 5.25. The molecular weight excluding hydrogens is 414 g/mol. The summed E-state index contributed by atoms with van der Waals surface area (Å²) in [7, 11) is 0. The largest absolute Gasteiger partial charge is 0.349 e. The molecule has 2 fully saturated rings. The molecule has 0 spiro atoms. The molecule has 32 heavy (non-hydrogen) atoms. The van der Waals surface area contributed by atoms with Gasteiger partial charge in [-0.2, -0.15) is 4.98 Å². The number of fused-ring (bicyclic) bond motifs is 1. The predicted octanol–water partition coefficient (Wildman–Crippen LogP) is 3.62. The van der Waals surface area contributed by atoms with Crippen LogP contribution in [0.15, 0.2) is 53.1 Å². The van der Waals surface area contributed by atoms with E-state index in [2.05, 4.69) is 32.5 Å². The van der Waals surface area contributed by atoms with Crippen molar-refractivity contribution in [3.05, 3.63) is 83.0 Å². The lowest BCUT2D eigenvalue weighted by Gasteiger charge is -2.25. The van der Waals surface area contributed by atoms with Crippen LogP contribution in [0.5, 0.6) is 0 Å². The number of aromatic nitrogens is 2. The molecule has 1 aliphatic heterocycles. The van der Waals surface area contributed by atoms with Crippen molar-refractivity contribution in [2.45, 2.75) is 37.8 Å². The number of hydrogen-bond donors (Lipinski definition) is 1. The van der Waals surface area contributed by atoms with E-state index in [1.54, 1.807) is 6.92 Å². The molecule has 6 nitrogen and oxygen atoms in total. The maximum atomic E-state index is 13.6. The quantitative estimate of drug-likeness (QED) is 0.659. The number of likely N-dealkylation sites (tertiary alicyclic amines) is 1. The van der Waals surface area contributed by atoms with Gasteiger partial charge in [-0.05, 0) is 49.4 Å². The molecule has 5 rings (SSSR count). The Hall–Kier alpha value is -3.13. The predicted molar refractivity (Wildman–Crippen MR) is 113 cm³/mol. The van der Waals surface area contributed by atoms with Crippen LogP contribution in [0.25, 0.3) is 0 Å². The van der Waals surface area contributed by atoms with Gasteiger partial charge in [0.25, 0.3) is 5.91 Å². The Labute approximate surface area is 184 Å². The van der Waals surface area contributed by atoms with Gasteiger partial charge in [-0.25, -0.2) is 8.78 Å². The number of benzene rings is 2. The monoisotopic (exact) mass is 438 g/mol. The van der Waals surface area contributed by atoms with Crippen molar-refractivity contribution in [2.24, 2.45) is 5.92 Å². The van der Waals surface area contributed by atoms with E-state index >= 15 is 0 Å². The number of aryl methyl sites for hydroxylation is 1. The molecule has 3 unspecified atom stereocenters. The summed E-state index contributed by atoms with van der Waals surface area (Å²) in [6.45, 7) is 4.24. The van der Waals surface area contributed by atoms with Crippen LogP contribution < -0.4 is 5.32 Å². The summed E-state index contributed by atoms with van der Waals surface area (Å²) in [4.78, 5) is 19.6. The molecule has 3 aromatic rings. The van der Waals surface area contributed by atoms with Crippen molar-refractivity contribution in [3.63, 3.8) is 0 Å². The van der Waals surface area contributed by atoms with Gasteiger partial charge in [0.15, 0.2) is 17.5 Å². The highest BCUT2D eigenvalue weighted by Crippen LogP contribution is 2.50. The summed E-state index contributed by atoms with van der Waals surface area (Å²) in [6.07, 6.45) is 1.40. The van der Waals surface area contributed by atoms with Crippen LogP contribution in [0.1, 0.15) is 40.5 Å². The zero-order valence-corrected chi connectivity index (χ0v) is 17.7. The second-order valence-electron chi connectivity index (χ2n) is 8.89.